The molecule has 0 atom stereocenters. The summed E-state index contributed by atoms with van der Waals surface area (Å²) in [7, 11) is 0. The Kier molecular flexibility index (Phi) is 3.66. The largest absolute Gasteiger partial charge is 0.481 e. The van der Waals surface area contributed by atoms with Gasteiger partial charge in [0.05, 0.1) is 6.04 Å². The molecule has 94 valence electrons. The van der Waals surface area contributed by atoms with Crippen molar-refractivity contribution in [2.45, 2.75) is 51.0 Å². The number of carboxylic acids is 1. The fourth-order valence-electron chi connectivity index (χ4n) is 2.45. The summed E-state index contributed by atoms with van der Waals surface area (Å²) in [4.78, 5) is 22.5. The third-order valence-corrected chi connectivity index (χ3v) is 3.42. The first kappa shape index (κ1) is 12.0. The molecule has 5 nitrogen and oxygen atoms in total. The molecule has 1 aromatic rings. The van der Waals surface area contributed by atoms with Gasteiger partial charge in [0.15, 0.2) is 0 Å². The van der Waals surface area contributed by atoms with E-state index in [0.717, 1.165) is 12.8 Å². The minimum absolute atomic E-state index is 0.0117. The number of aromatic nitrogens is 2. The number of nitrogens with one attached hydrogen (secondary N) is 1. The summed E-state index contributed by atoms with van der Waals surface area (Å²) in [6.45, 7) is 0. The zero-order valence-corrected chi connectivity index (χ0v) is 9.82. The Morgan fingerprint density at radius 1 is 1.41 bits per heavy atom. The molecule has 1 fully saturated rings. The average molecular weight is 238 g/mol. The number of H-pyrrole nitrogens is 1. The maximum atomic E-state index is 12.0. The first-order valence-corrected chi connectivity index (χ1v) is 6.19. The second-order valence-corrected chi connectivity index (χ2v) is 4.66. The van der Waals surface area contributed by atoms with E-state index in [0.29, 0.717) is 12.0 Å². The highest BCUT2D eigenvalue weighted by Gasteiger charge is 2.18. The molecular weight excluding hydrogens is 220 g/mol. The molecule has 0 bridgehead atoms. The summed E-state index contributed by atoms with van der Waals surface area (Å²) in [5.74, 6) is -0.866. The Morgan fingerprint density at radius 2 is 2.12 bits per heavy atom. The predicted molar refractivity (Wildman–Crippen MR) is 63.1 cm³/mol. The van der Waals surface area contributed by atoms with E-state index < -0.39 is 5.97 Å². The second kappa shape index (κ2) is 5.21. The summed E-state index contributed by atoms with van der Waals surface area (Å²) in [5, 5.41) is 11.6. The Hall–Kier alpha value is -1.52. The molecule has 0 spiro atoms. The molecule has 1 aliphatic rings. The topological polar surface area (TPSA) is 75.1 Å². The van der Waals surface area contributed by atoms with Crippen LogP contribution in [0, 0.1) is 0 Å². The summed E-state index contributed by atoms with van der Waals surface area (Å²) in [6, 6.07) is 0.273. The zero-order valence-electron chi connectivity index (χ0n) is 9.82. The van der Waals surface area contributed by atoms with Gasteiger partial charge in [-0.2, -0.15) is 0 Å². The van der Waals surface area contributed by atoms with Gasteiger partial charge in [0, 0.05) is 18.2 Å². The first-order chi connectivity index (χ1) is 8.18. The van der Waals surface area contributed by atoms with Crippen molar-refractivity contribution >= 4 is 5.97 Å². The van der Waals surface area contributed by atoms with E-state index in [9.17, 15) is 9.59 Å². The van der Waals surface area contributed by atoms with Crippen molar-refractivity contribution in [1.82, 2.24) is 9.78 Å². The van der Waals surface area contributed by atoms with Crippen LogP contribution in [0.15, 0.2) is 11.0 Å². The van der Waals surface area contributed by atoms with Crippen molar-refractivity contribution in [2.24, 2.45) is 0 Å². The van der Waals surface area contributed by atoms with Crippen LogP contribution in [-0.2, 0) is 11.2 Å². The van der Waals surface area contributed by atoms with Gasteiger partial charge in [-0.15, -0.1) is 0 Å². The smallest absolute Gasteiger partial charge is 0.303 e. The predicted octanol–water partition coefficient (Wildman–Crippen LogP) is 1.70. The number of aliphatic carboxylic acids is 1. The summed E-state index contributed by atoms with van der Waals surface area (Å²) in [6.07, 6.45) is 7.64. The van der Waals surface area contributed by atoms with Gasteiger partial charge in [-0.25, -0.2) is 4.68 Å². The Morgan fingerprint density at radius 3 is 2.76 bits per heavy atom. The van der Waals surface area contributed by atoms with Gasteiger partial charge in [0.2, 0.25) is 0 Å². The van der Waals surface area contributed by atoms with Crippen molar-refractivity contribution in [2.75, 3.05) is 0 Å². The number of hydrogen-bond acceptors (Lipinski definition) is 2. The van der Waals surface area contributed by atoms with Crippen LogP contribution in [0.4, 0.5) is 0 Å². The van der Waals surface area contributed by atoms with E-state index in [1.165, 1.54) is 19.3 Å². The number of rotatable bonds is 4. The van der Waals surface area contributed by atoms with Gasteiger partial charge in [0.25, 0.3) is 5.56 Å². The minimum Gasteiger partial charge on any atom is -0.481 e. The van der Waals surface area contributed by atoms with Crippen LogP contribution in [0.1, 0.15) is 50.1 Å². The average Bonchev–Trinajstić information content (AvgIpc) is 2.69. The molecule has 17 heavy (non-hydrogen) atoms. The molecule has 0 aliphatic heterocycles. The maximum Gasteiger partial charge on any atom is 0.303 e. The van der Waals surface area contributed by atoms with Crippen molar-refractivity contribution < 1.29 is 9.90 Å². The van der Waals surface area contributed by atoms with Crippen LogP contribution in [-0.4, -0.2) is 20.9 Å². The van der Waals surface area contributed by atoms with Gasteiger partial charge in [-0.3, -0.25) is 9.59 Å². The van der Waals surface area contributed by atoms with Crippen LogP contribution in [0.25, 0.3) is 0 Å². The van der Waals surface area contributed by atoms with E-state index in [1.54, 1.807) is 10.9 Å². The van der Waals surface area contributed by atoms with E-state index in [4.69, 9.17) is 5.11 Å². The molecule has 1 aliphatic carbocycles. The van der Waals surface area contributed by atoms with Crippen molar-refractivity contribution in [3.63, 3.8) is 0 Å². The van der Waals surface area contributed by atoms with Crippen LogP contribution >= 0.6 is 0 Å². The number of aromatic amines is 1. The van der Waals surface area contributed by atoms with Crippen molar-refractivity contribution in [3.05, 3.63) is 22.1 Å². The highest BCUT2D eigenvalue weighted by molar-refractivity contribution is 5.67. The third kappa shape index (κ3) is 2.78. The molecule has 2 rings (SSSR count). The highest BCUT2D eigenvalue weighted by Crippen LogP contribution is 2.26. The Balaban J connectivity index is 2.08. The summed E-state index contributed by atoms with van der Waals surface area (Å²) in [5.41, 5.74) is 0.538. The molecular formula is C12H18N2O3. The van der Waals surface area contributed by atoms with E-state index >= 15 is 0 Å². The Labute approximate surface area is 99.4 Å². The monoisotopic (exact) mass is 238 g/mol. The molecule has 0 unspecified atom stereocenters. The van der Waals surface area contributed by atoms with Gasteiger partial charge < -0.3 is 10.2 Å². The lowest BCUT2D eigenvalue weighted by Crippen LogP contribution is -2.26. The van der Waals surface area contributed by atoms with Crippen molar-refractivity contribution in [3.8, 4) is 0 Å². The molecule has 2 N–H and O–H groups in total. The number of hydrogen-bond donors (Lipinski definition) is 2. The van der Waals surface area contributed by atoms with Crippen LogP contribution in [0.3, 0.4) is 0 Å². The van der Waals surface area contributed by atoms with Crippen LogP contribution in [0.2, 0.25) is 0 Å². The molecule has 1 saturated carbocycles. The van der Waals surface area contributed by atoms with Gasteiger partial charge >= 0.3 is 5.97 Å². The number of carboxylic acid groups (broad SMARTS) is 1. The quantitative estimate of drug-likeness (QED) is 0.838. The van der Waals surface area contributed by atoms with E-state index in [-0.39, 0.29) is 18.0 Å². The fourth-order valence-corrected chi connectivity index (χ4v) is 2.45. The van der Waals surface area contributed by atoms with E-state index in [1.807, 2.05) is 0 Å². The van der Waals surface area contributed by atoms with Crippen molar-refractivity contribution in [1.29, 1.82) is 0 Å². The SMILES string of the molecule is O=C(O)CCc1c[nH]n(C2CCCCC2)c1=O. The molecule has 0 saturated heterocycles. The number of aryl methyl sites for hydroxylation is 1. The standard InChI is InChI=1S/C12H18N2O3/c15-11(16)7-6-9-8-13-14(12(9)17)10-4-2-1-3-5-10/h8,10,13H,1-7H2,(H,15,16). The van der Waals surface area contributed by atoms with E-state index in [2.05, 4.69) is 5.10 Å². The molecule has 0 radical (unpaired) electrons. The highest BCUT2D eigenvalue weighted by atomic mass is 16.4. The lowest BCUT2D eigenvalue weighted by molar-refractivity contribution is -0.136. The zero-order chi connectivity index (χ0) is 12.3. The first-order valence-electron chi connectivity index (χ1n) is 6.19. The molecule has 1 heterocycles. The normalized spacial score (nSPS) is 17.2. The number of nitrogens with zero attached hydrogens (tertiary/aromatic N) is 1. The molecule has 5 heteroatoms. The molecule has 0 amide bonds. The molecule has 0 aromatic carbocycles. The molecule has 1 aromatic heterocycles. The van der Waals surface area contributed by atoms with Gasteiger partial charge in [-0.05, 0) is 19.3 Å². The lowest BCUT2D eigenvalue weighted by atomic mass is 9.96. The Bertz CT molecular complexity index is 441. The van der Waals surface area contributed by atoms with Crippen LogP contribution < -0.4 is 5.56 Å². The third-order valence-electron chi connectivity index (χ3n) is 3.42. The second-order valence-electron chi connectivity index (χ2n) is 4.66. The van der Waals surface area contributed by atoms with Crippen LogP contribution in [0.5, 0.6) is 0 Å². The summed E-state index contributed by atoms with van der Waals surface area (Å²) >= 11 is 0. The number of carbonyl (C=O) groups is 1. The minimum atomic E-state index is -0.866. The summed E-state index contributed by atoms with van der Waals surface area (Å²) < 4.78 is 1.68. The van der Waals surface area contributed by atoms with Gasteiger partial charge in [-0.1, -0.05) is 19.3 Å². The van der Waals surface area contributed by atoms with Gasteiger partial charge in [0.1, 0.15) is 0 Å². The lowest BCUT2D eigenvalue weighted by Gasteiger charge is -2.21. The fraction of sp³-hybridized carbons (Fsp3) is 0.667. The maximum absolute atomic E-state index is 12.0.